The lowest BCUT2D eigenvalue weighted by Gasteiger charge is -2.33. The highest BCUT2D eigenvalue weighted by Crippen LogP contribution is 2.26. The van der Waals surface area contributed by atoms with Crippen molar-refractivity contribution in [1.29, 1.82) is 0 Å². The van der Waals surface area contributed by atoms with Crippen molar-refractivity contribution < 1.29 is 18.0 Å². The lowest BCUT2D eigenvalue weighted by atomic mass is 10.1. The van der Waals surface area contributed by atoms with Gasteiger partial charge in [0.2, 0.25) is 11.8 Å². The van der Waals surface area contributed by atoms with Crippen LogP contribution in [0, 0.1) is 19.8 Å². The SMILES string of the molecule is CC[C@H](C(=O)NCC(C)C)N(Cc1ccccc1Cl)C(=O)CN(c1ccc(C)cc1)S(=O)(=O)c1ccc(C)cc1. The Labute approximate surface area is 243 Å². The summed E-state index contributed by atoms with van der Waals surface area (Å²) in [7, 11) is -4.11. The summed E-state index contributed by atoms with van der Waals surface area (Å²) >= 11 is 6.44. The first-order valence-electron chi connectivity index (χ1n) is 13.4. The zero-order valence-electron chi connectivity index (χ0n) is 23.7. The van der Waals surface area contributed by atoms with E-state index in [9.17, 15) is 18.0 Å². The molecule has 9 heteroatoms. The molecule has 40 heavy (non-hydrogen) atoms. The smallest absolute Gasteiger partial charge is 0.264 e. The van der Waals surface area contributed by atoms with E-state index in [1.54, 1.807) is 54.6 Å². The molecule has 214 valence electrons. The largest absolute Gasteiger partial charge is 0.354 e. The fraction of sp³-hybridized carbons (Fsp3) is 0.355. The van der Waals surface area contributed by atoms with Gasteiger partial charge in [0.05, 0.1) is 10.6 Å². The van der Waals surface area contributed by atoms with Crippen molar-refractivity contribution in [3.63, 3.8) is 0 Å². The Balaban J connectivity index is 2.05. The second-order valence-corrected chi connectivity index (χ2v) is 12.6. The van der Waals surface area contributed by atoms with Crippen LogP contribution in [0.1, 0.15) is 43.9 Å². The second-order valence-electron chi connectivity index (χ2n) is 10.3. The molecule has 0 aliphatic rings. The van der Waals surface area contributed by atoms with Gasteiger partial charge in [0.25, 0.3) is 10.0 Å². The number of nitrogens with zero attached hydrogens (tertiary/aromatic N) is 2. The Hall–Kier alpha value is -3.36. The molecule has 0 fully saturated rings. The molecule has 0 spiro atoms. The molecule has 0 unspecified atom stereocenters. The molecule has 0 saturated carbocycles. The van der Waals surface area contributed by atoms with E-state index < -0.39 is 28.5 Å². The van der Waals surface area contributed by atoms with E-state index in [4.69, 9.17) is 11.6 Å². The Morgan fingerprint density at radius 2 is 1.48 bits per heavy atom. The average molecular weight is 584 g/mol. The molecule has 1 atom stereocenters. The highest BCUT2D eigenvalue weighted by Gasteiger charge is 2.34. The van der Waals surface area contributed by atoms with E-state index in [2.05, 4.69) is 5.32 Å². The summed E-state index contributed by atoms with van der Waals surface area (Å²) in [5, 5.41) is 3.38. The van der Waals surface area contributed by atoms with Crippen LogP contribution in [-0.4, -0.2) is 44.3 Å². The van der Waals surface area contributed by atoms with Gasteiger partial charge in [0.1, 0.15) is 12.6 Å². The summed E-state index contributed by atoms with van der Waals surface area (Å²) < 4.78 is 28.9. The van der Waals surface area contributed by atoms with Gasteiger partial charge in [-0.1, -0.05) is 86.0 Å². The Kier molecular flexibility index (Phi) is 10.8. The number of carbonyl (C=O) groups excluding carboxylic acids is 2. The van der Waals surface area contributed by atoms with Crippen LogP contribution in [0.15, 0.2) is 77.7 Å². The quantitative estimate of drug-likeness (QED) is 0.295. The highest BCUT2D eigenvalue weighted by atomic mass is 35.5. The first-order chi connectivity index (χ1) is 18.9. The average Bonchev–Trinajstić information content (AvgIpc) is 2.92. The number of aryl methyl sites for hydroxylation is 2. The predicted octanol–water partition coefficient (Wildman–Crippen LogP) is 5.73. The van der Waals surface area contributed by atoms with Crippen molar-refractivity contribution in [3.8, 4) is 0 Å². The van der Waals surface area contributed by atoms with Crippen molar-refractivity contribution in [2.24, 2.45) is 5.92 Å². The molecule has 3 aromatic carbocycles. The summed E-state index contributed by atoms with van der Waals surface area (Å²) in [6.45, 7) is 9.61. The van der Waals surface area contributed by atoms with Crippen LogP contribution in [0.3, 0.4) is 0 Å². The number of hydrogen-bond donors (Lipinski definition) is 1. The molecule has 1 N–H and O–H groups in total. The van der Waals surface area contributed by atoms with E-state index >= 15 is 0 Å². The van der Waals surface area contributed by atoms with Crippen LogP contribution >= 0.6 is 11.6 Å². The summed E-state index contributed by atoms with van der Waals surface area (Å²) in [4.78, 5) is 28.9. The number of amides is 2. The lowest BCUT2D eigenvalue weighted by molar-refractivity contribution is -0.140. The number of rotatable bonds is 12. The van der Waals surface area contributed by atoms with Gasteiger partial charge in [-0.2, -0.15) is 0 Å². The first-order valence-corrected chi connectivity index (χ1v) is 15.2. The zero-order valence-corrected chi connectivity index (χ0v) is 25.3. The van der Waals surface area contributed by atoms with E-state index in [0.717, 1.165) is 15.4 Å². The van der Waals surface area contributed by atoms with Gasteiger partial charge < -0.3 is 10.2 Å². The van der Waals surface area contributed by atoms with Gasteiger partial charge in [-0.25, -0.2) is 8.42 Å². The third kappa shape index (κ3) is 7.86. The molecule has 0 bridgehead atoms. The Morgan fingerprint density at radius 1 is 0.900 bits per heavy atom. The third-order valence-electron chi connectivity index (χ3n) is 6.58. The van der Waals surface area contributed by atoms with Crippen molar-refractivity contribution in [2.45, 2.75) is 58.5 Å². The van der Waals surface area contributed by atoms with Crippen LogP contribution in [0.25, 0.3) is 0 Å². The maximum Gasteiger partial charge on any atom is 0.264 e. The van der Waals surface area contributed by atoms with Gasteiger partial charge in [-0.3, -0.25) is 13.9 Å². The van der Waals surface area contributed by atoms with E-state index in [1.165, 1.54) is 17.0 Å². The van der Waals surface area contributed by atoms with Crippen molar-refractivity contribution in [3.05, 3.63) is 94.5 Å². The third-order valence-corrected chi connectivity index (χ3v) is 8.74. The number of sulfonamides is 1. The van der Waals surface area contributed by atoms with Gasteiger partial charge in [0, 0.05) is 18.1 Å². The Morgan fingerprint density at radius 3 is 2.02 bits per heavy atom. The maximum atomic E-state index is 14.1. The van der Waals surface area contributed by atoms with E-state index in [0.29, 0.717) is 29.2 Å². The fourth-order valence-electron chi connectivity index (χ4n) is 4.23. The Bertz CT molecular complexity index is 1410. The first kappa shape index (κ1) is 31.2. The predicted molar refractivity (Wildman–Crippen MR) is 161 cm³/mol. The van der Waals surface area contributed by atoms with E-state index in [-0.39, 0.29) is 23.3 Å². The van der Waals surface area contributed by atoms with Crippen LogP contribution in [0.2, 0.25) is 5.02 Å². The highest BCUT2D eigenvalue weighted by molar-refractivity contribution is 7.92. The summed E-state index contributed by atoms with van der Waals surface area (Å²) in [5.41, 5.74) is 2.89. The molecule has 0 saturated heterocycles. The number of benzene rings is 3. The number of halogens is 1. The van der Waals surface area contributed by atoms with Crippen molar-refractivity contribution in [1.82, 2.24) is 10.2 Å². The summed E-state index contributed by atoms with van der Waals surface area (Å²) in [6.07, 6.45) is 0.343. The van der Waals surface area contributed by atoms with Gasteiger partial charge in [-0.15, -0.1) is 0 Å². The zero-order chi connectivity index (χ0) is 29.4. The number of anilines is 1. The number of hydrogen-bond acceptors (Lipinski definition) is 4. The standard InChI is InChI=1S/C31H38ClN3O4S/c1-6-29(31(37)33-19-22(2)3)34(20-25-9-7-8-10-28(25)32)30(36)21-35(26-15-11-23(4)12-16-26)40(38,39)27-17-13-24(5)14-18-27/h7-18,22,29H,6,19-21H2,1-5H3,(H,33,37)/t29-/m1/s1. The summed E-state index contributed by atoms with van der Waals surface area (Å²) in [5.74, 6) is -0.575. The van der Waals surface area contributed by atoms with Gasteiger partial charge in [0.15, 0.2) is 0 Å². The molecule has 3 aromatic rings. The van der Waals surface area contributed by atoms with Crippen LogP contribution in [0.4, 0.5) is 5.69 Å². The molecule has 7 nitrogen and oxygen atoms in total. The lowest BCUT2D eigenvalue weighted by Crippen LogP contribution is -2.52. The molecule has 0 aromatic heterocycles. The fourth-order valence-corrected chi connectivity index (χ4v) is 5.84. The van der Waals surface area contributed by atoms with Gasteiger partial charge in [-0.05, 0) is 62.1 Å². The minimum absolute atomic E-state index is 0.0540. The summed E-state index contributed by atoms with van der Waals surface area (Å²) in [6, 6.07) is 19.8. The maximum absolute atomic E-state index is 14.1. The molecule has 0 heterocycles. The monoisotopic (exact) mass is 583 g/mol. The molecule has 2 amide bonds. The van der Waals surface area contributed by atoms with Crippen LogP contribution in [0.5, 0.6) is 0 Å². The minimum atomic E-state index is -4.11. The van der Waals surface area contributed by atoms with Crippen molar-refractivity contribution >= 4 is 39.1 Å². The molecular formula is C31H38ClN3O4S. The second kappa shape index (κ2) is 13.8. The molecule has 0 radical (unpaired) electrons. The molecule has 3 rings (SSSR count). The van der Waals surface area contributed by atoms with Crippen LogP contribution < -0.4 is 9.62 Å². The van der Waals surface area contributed by atoms with Crippen LogP contribution in [-0.2, 0) is 26.2 Å². The topological polar surface area (TPSA) is 86.8 Å². The molecule has 0 aliphatic heterocycles. The number of carbonyl (C=O) groups is 2. The minimum Gasteiger partial charge on any atom is -0.354 e. The molecular weight excluding hydrogens is 546 g/mol. The van der Waals surface area contributed by atoms with Crippen molar-refractivity contribution in [2.75, 3.05) is 17.4 Å². The molecule has 0 aliphatic carbocycles. The van der Waals surface area contributed by atoms with E-state index in [1.807, 2.05) is 40.7 Å². The number of nitrogens with one attached hydrogen (secondary N) is 1. The van der Waals surface area contributed by atoms with Gasteiger partial charge >= 0.3 is 0 Å². The normalized spacial score (nSPS) is 12.2.